The largest absolute Gasteiger partial charge is 0.454 e. The lowest BCUT2D eigenvalue weighted by atomic mass is 10.2. The van der Waals surface area contributed by atoms with Gasteiger partial charge >= 0.3 is 0 Å². The second-order valence-corrected chi connectivity index (χ2v) is 7.11. The molecule has 3 aromatic rings. The summed E-state index contributed by atoms with van der Waals surface area (Å²) in [6.07, 6.45) is 0. The Balaban J connectivity index is 1.45. The summed E-state index contributed by atoms with van der Waals surface area (Å²) in [6.45, 7) is 7.11. The lowest BCUT2D eigenvalue weighted by molar-refractivity contribution is 0.102. The first-order chi connectivity index (χ1) is 13.1. The smallest absolute Gasteiger partial charge is 0.277 e. The molecule has 0 fully saturated rings. The highest BCUT2D eigenvalue weighted by molar-refractivity contribution is 7.99. The quantitative estimate of drug-likeness (QED) is 0.470. The summed E-state index contributed by atoms with van der Waals surface area (Å²) in [6, 6.07) is 7.38. The number of hydrogen-bond acceptors (Lipinski definition) is 7. The molecular weight excluding hydrogens is 366 g/mol. The van der Waals surface area contributed by atoms with Crippen LogP contribution in [0.25, 0.3) is 11.5 Å². The molecule has 0 radical (unpaired) electrons. The maximum atomic E-state index is 12.6. The van der Waals surface area contributed by atoms with E-state index in [0.29, 0.717) is 22.6 Å². The molecule has 4 rings (SSSR count). The molecule has 0 aliphatic carbocycles. The number of hydrogen-bond donors (Lipinski definition) is 0. The first-order valence-electron chi connectivity index (χ1n) is 8.63. The number of ether oxygens (including phenoxy) is 2. The van der Waals surface area contributed by atoms with Crippen molar-refractivity contribution in [2.24, 2.45) is 0 Å². The Morgan fingerprint density at radius 2 is 2.00 bits per heavy atom. The van der Waals surface area contributed by atoms with Gasteiger partial charge in [-0.3, -0.25) is 4.79 Å². The monoisotopic (exact) mass is 385 g/mol. The molecule has 27 heavy (non-hydrogen) atoms. The molecule has 0 atom stereocenters. The van der Waals surface area contributed by atoms with E-state index in [1.54, 1.807) is 6.07 Å². The maximum Gasteiger partial charge on any atom is 0.277 e. The average Bonchev–Trinajstić information content (AvgIpc) is 3.38. The molecular formula is C19H19N3O4S. The number of nitrogens with zero attached hydrogens (tertiary/aromatic N) is 3. The Hall–Kier alpha value is -2.74. The molecule has 140 valence electrons. The van der Waals surface area contributed by atoms with Crippen molar-refractivity contribution in [3.05, 3.63) is 41.2 Å². The molecule has 0 unspecified atom stereocenters. The molecule has 1 aliphatic rings. The van der Waals surface area contributed by atoms with Crippen LogP contribution >= 0.6 is 11.8 Å². The van der Waals surface area contributed by atoms with Gasteiger partial charge in [-0.05, 0) is 45.0 Å². The lowest BCUT2D eigenvalue weighted by Crippen LogP contribution is -2.05. The molecule has 0 amide bonds. The Morgan fingerprint density at radius 1 is 1.19 bits per heavy atom. The van der Waals surface area contributed by atoms with Gasteiger partial charge in [-0.1, -0.05) is 11.8 Å². The van der Waals surface area contributed by atoms with E-state index in [2.05, 4.69) is 21.7 Å². The third kappa shape index (κ3) is 3.32. The van der Waals surface area contributed by atoms with E-state index >= 15 is 0 Å². The second kappa shape index (κ2) is 7.11. The normalized spacial score (nSPS) is 12.6. The van der Waals surface area contributed by atoms with Crippen molar-refractivity contribution in [2.75, 3.05) is 12.5 Å². The van der Waals surface area contributed by atoms with E-state index in [0.717, 1.165) is 29.1 Å². The average molecular weight is 385 g/mol. The summed E-state index contributed by atoms with van der Waals surface area (Å²) in [5.74, 6) is 2.03. The van der Waals surface area contributed by atoms with Crippen molar-refractivity contribution < 1.29 is 18.7 Å². The molecule has 1 aliphatic heterocycles. The third-order valence-electron chi connectivity index (χ3n) is 4.54. The minimum atomic E-state index is 0.0515. The van der Waals surface area contributed by atoms with Crippen molar-refractivity contribution >= 4 is 17.5 Å². The highest BCUT2D eigenvalue weighted by Gasteiger charge is 2.19. The first kappa shape index (κ1) is 17.7. The number of aryl methyl sites for hydroxylation is 1. The number of fused-ring (bicyclic) bond motifs is 1. The van der Waals surface area contributed by atoms with E-state index < -0.39 is 0 Å². The fourth-order valence-electron chi connectivity index (χ4n) is 3.19. The summed E-state index contributed by atoms with van der Waals surface area (Å²) in [4.78, 5) is 12.6. The zero-order valence-electron chi connectivity index (χ0n) is 15.3. The van der Waals surface area contributed by atoms with Gasteiger partial charge in [-0.2, -0.15) is 0 Å². The van der Waals surface area contributed by atoms with Crippen LogP contribution in [0, 0.1) is 13.8 Å². The second-order valence-electron chi connectivity index (χ2n) is 6.18. The van der Waals surface area contributed by atoms with Gasteiger partial charge in [0.05, 0.1) is 5.75 Å². The van der Waals surface area contributed by atoms with Gasteiger partial charge in [0.15, 0.2) is 17.3 Å². The summed E-state index contributed by atoms with van der Waals surface area (Å²) in [5.41, 5.74) is 3.58. The third-order valence-corrected chi connectivity index (χ3v) is 5.36. The van der Waals surface area contributed by atoms with Crippen LogP contribution in [-0.2, 0) is 6.54 Å². The van der Waals surface area contributed by atoms with Crippen molar-refractivity contribution in [1.82, 2.24) is 14.8 Å². The predicted molar refractivity (Wildman–Crippen MR) is 100 cm³/mol. The number of thioether (sulfide) groups is 1. The zero-order chi connectivity index (χ0) is 19.0. The van der Waals surface area contributed by atoms with Crippen LogP contribution in [-0.4, -0.2) is 33.1 Å². The van der Waals surface area contributed by atoms with Gasteiger partial charge in [-0.15, -0.1) is 10.2 Å². The molecule has 3 heterocycles. The Labute approximate surface area is 160 Å². The molecule has 2 aromatic heterocycles. The summed E-state index contributed by atoms with van der Waals surface area (Å²) in [7, 11) is 0. The number of rotatable bonds is 6. The number of Topliss-reactive ketones (excluding diaryl/α,β-unsaturated/α-hetero) is 1. The predicted octanol–water partition coefficient (Wildman–Crippen LogP) is 3.88. The van der Waals surface area contributed by atoms with Gasteiger partial charge in [0.25, 0.3) is 5.22 Å². The Morgan fingerprint density at radius 3 is 2.78 bits per heavy atom. The van der Waals surface area contributed by atoms with E-state index in [1.807, 2.05) is 32.0 Å². The fourth-order valence-corrected chi connectivity index (χ4v) is 3.84. The number of ketones is 1. The summed E-state index contributed by atoms with van der Waals surface area (Å²) >= 11 is 1.24. The van der Waals surface area contributed by atoms with E-state index in [9.17, 15) is 4.79 Å². The first-order valence-corrected chi connectivity index (χ1v) is 9.61. The van der Waals surface area contributed by atoms with Crippen LogP contribution in [0.2, 0.25) is 0 Å². The molecule has 0 N–H and O–H groups in total. The minimum Gasteiger partial charge on any atom is -0.454 e. The zero-order valence-corrected chi connectivity index (χ0v) is 16.1. The van der Waals surface area contributed by atoms with Gasteiger partial charge in [0, 0.05) is 29.1 Å². The molecule has 0 spiro atoms. The van der Waals surface area contributed by atoms with Crippen molar-refractivity contribution in [3.63, 3.8) is 0 Å². The highest BCUT2D eigenvalue weighted by atomic mass is 32.2. The fraction of sp³-hybridized carbons (Fsp3) is 0.316. The summed E-state index contributed by atoms with van der Waals surface area (Å²) < 4.78 is 18.5. The highest BCUT2D eigenvalue weighted by Crippen LogP contribution is 2.36. The van der Waals surface area contributed by atoms with Crippen molar-refractivity contribution in [2.45, 2.75) is 32.5 Å². The van der Waals surface area contributed by atoms with Crippen LogP contribution in [0.1, 0.15) is 28.7 Å². The topological polar surface area (TPSA) is 79.4 Å². The van der Waals surface area contributed by atoms with E-state index in [-0.39, 0.29) is 18.3 Å². The van der Waals surface area contributed by atoms with Crippen LogP contribution in [0.4, 0.5) is 0 Å². The van der Waals surface area contributed by atoms with Gasteiger partial charge in [0.2, 0.25) is 12.7 Å². The van der Waals surface area contributed by atoms with E-state index in [4.69, 9.17) is 13.9 Å². The van der Waals surface area contributed by atoms with Gasteiger partial charge < -0.3 is 18.5 Å². The number of carbonyl (C=O) groups excluding carboxylic acids is 1. The maximum absolute atomic E-state index is 12.6. The summed E-state index contributed by atoms with van der Waals surface area (Å²) in [5, 5.41) is 8.45. The molecule has 7 nitrogen and oxygen atoms in total. The molecule has 0 saturated carbocycles. The molecule has 0 saturated heterocycles. The van der Waals surface area contributed by atoms with Crippen LogP contribution in [0.3, 0.4) is 0 Å². The van der Waals surface area contributed by atoms with Crippen molar-refractivity contribution in [3.8, 4) is 23.0 Å². The Bertz CT molecular complexity index is 1010. The van der Waals surface area contributed by atoms with Gasteiger partial charge in [-0.25, -0.2) is 0 Å². The van der Waals surface area contributed by atoms with Crippen LogP contribution in [0.5, 0.6) is 11.5 Å². The SMILES string of the molecule is CCn1c(C)cc(C(=O)CSc2nnc(-c3ccc4c(c3)OCO4)o2)c1C. The van der Waals surface area contributed by atoms with Crippen LogP contribution < -0.4 is 9.47 Å². The van der Waals surface area contributed by atoms with Crippen LogP contribution in [0.15, 0.2) is 33.9 Å². The molecule has 8 heteroatoms. The number of aromatic nitrogens is 3. The number of benzene rings is 1. The molecule has 0 bridgehead atoms. The standard InChI is InChI=1S/C19H19N3O4S/c1-4-22-11(2)7-14(12(22)3)15(23)9-27-19-21-20-18(26-19)13-5-6-16-17(8-13)25-10-24-16/h5-8H,4,9-10H2,1-3H3. The van der Waals surface area contributed by atoms with E-state index in [1.165, 1.54) is 11.8 Å². The lowest BCUT2D eigenvalue weighted by Gasteiger charge is -2.05. The number of carbonyl (C=O) groups is 1. The minimum absolute atomic E-state index is 0.0515. The van der Waals surface area contributed by atoms with Gasteiger partial charge in [0.1, 0.15) is 0 Å². The van der Waals surface area contributed by atoms with Crippen molar-refractivity contribution in [1.29, 1.82) is 0 Å². The molecule has 1 aromatic carbocycles. The Kier molecular flexibility index (Phi) is 4.65.